The summed E-state index contributed by atoms with van der Waals surface area (Å²) in [6.07, 6.45) is 3.70. The van der Waals surface area contributed by atoms with Gasteiger partial charge in [-0.05, 0) is 55.0 Å². The normalized spacial score (nSPS) is 13.6. The lowest BCUT2D eigenvalue weighted by Gasteiger charge is -2.19. The van der Waals surface area contributed by atoms with Crippen molar-refractivity contribution in [1.29, 1.82) is 0 Å². The van der Waals surface area contributed by atoms with Crippen molar-refractivity contribution in [3.05, 3.63) is 64.7 Å². The maximum absolute atomic E-state index is 5.99. The third-order valence-electron chi connectivity index (χ3n) is 5.11. The molecule has 2 nitrogen and oxygen atoms in total. The third kappa shape index (κ3) is 6.66. The van der Waals surface area contributed by atoms with Crippen LogP contribution in [0.5, 0.6) is 5.75 Å². The number of rotatable bonds is 10. The number of hydrogen-bond donors (Lipinski definition) is 1. The van der Waals surface area contributed by atoms with Gasteiger partial charge < -0.3 is 10.1 Å². The maximum atomic E-state index is 5.99. The third-order valence-corrected chi connectivity index (χ3v) is 5.36. The van der Waals surface area contributed by atoms with Crippen molar-refractivity contribution >= 4 is 11.6 Å². The highest BCUT2D eigenvalue weighted by Crippen LogP contribution is 2.27. The Kier molecular flexibility index (Phi) is 8.47. The van der Waals surface area contributed by atoms with E-state index in [0.717, 1.165) is 23.2 Å². The highest BCUT2D eigenvalue weighted by Gasteiger charge is 2.15. The van der Waals surface area contributed by atoms with Gasteiger partial charge in [0.2, 0.25) is 0 Å². The molecule has 142 valence electrons. The molecular formula is C23H33ClNO+. The second kappa shape index (κ2) is 10.6. The van der Waals surface area contributed by atoms with E-state index in [0.29, 0.717) is 12.0 Å². The molecule has 3 heteroatoms. The Morgan fingerprint density at radius 1 is 0.846 bits per heavy atom. The van der Waals surface area contributed by atoms with Gasteiger partial charge in [-0.2, -0.15) is 0 Å². The van der Waals surface area contributed by atoms with Crippen LogP contribution in [0.2, 0.25) is 5.02 Å². The Hall–Kier alpha value is -1.51. The van der Waals surface area contributed by atoms with Gasteiger partial charge in [0.15, 0.2) is 0 Å². The maximum Gasteiger partial charge on any atom is 0.118 e. The Labute approximate surface area is 163 Å². The van der Waals surface area contributed by atoms with Crippen molar-refractivity contribution in [2.75, 3.05) is 13.7 Å². The lowest BCUT2D eigenvalue weighted by Crippen LogP contribution is -2.84. The van der Waals surface area contributed by atoms with E-state index in [2.05, 4.69) is 62.5 Å². The molecule has 26 heavy (non-hydrogen) atoms. The highest BCUT2D eigenvalue weighted by molar-refractivity contribution is 6.30. The zero-order chi connectivity index (χ0) is 18.9. The largest absolute Gasteiger partial charge is 0.497 e. The van der Waals surface area contributed by atoms with Crippen LogP contribution in [0.25, 0.3) is 0 Å². The first-order valence-corrected chi connectivity index (χ1v) is 10.1. The molecule has 0 saturated heterocycles. The van der Waals surface area contributed by atoms with E-state index in [1.165, 1.54) is 30.4 Å². The molecule has 0 aromatic heterocycles. The minimum absolute atomic E-state index is 0.453. The number of methoxy groups -OCH3 is 1. The number of nitrogens with two attached hydrogens (primary N) is 1. The van der Waals surface area contributed by atoms with Crippen LogP contribution in [-0.2, 0) is 0 Å². The highest BCUT2D eigenvalue weighted by atomic mass is 35.5. The van der Waals surface area contributed by atoms with Gasteiger partial charge in [-0.3, -0.25) is 0 Å². The number of ether oxygens (including phenoxy) is 1. The first kappa shape index (κ1) is 20.8. The molecule has 2 aromatic carbocycles. The minimum Gasteiger partial charge on any atom is -0.497 e. The van der Waals surface area contributed by atoms with Gasteiger partial charge in [-0.1, -0.05) is 56.1 Å². The van der Waals surface area contributed by atoms with Gasteiger partial charge in [0.1, 0.15) is 11.8 Å². The Balaban J connectivity index is 1.93. The molecule has 0 fully saturated rings. The first-order valence-electron chi connectivity index (χ1n) is 9.72. The SMILES string of the molecule is COc1ccc([C@H](CC[NH2+][C@@H](C)c2ccc(Cl)cc2)CCC(C)C)cc1. The van der Waals surface area contributed by atoms with Crippen LogP contribution in [0.4, 0.5) is 0 Å². The number of hydrogen-bond acceptors (Lipinski definition) is 1. The predicted molar refractivity (Wildman–Crippen MR) is 111 cm³/mol. The molecule has 0 amide bonds. The first-order chi connectivity index (χ1) is 12.5. The summed E-state index contributed by atoms with van der Waals surface area (Å²) < 4.78 is 5.30. The van der Waals surface area contributed by atoms with E-state index >= 15 is 0 Å². The molecule has 0 unspecified atom stereocenters. The molecule has 2 aromatic rings. The molecule has 0 radical (unpaired) electrons. The van der Waals surface area contributed by atoms with Crippen molar-refractivity contribution in [2.45, 2.75) is 52.0 Å². The number of halogens is 1. The standard InChI is InChI=1S/C23H32ClNO/c1-17(2)5-6-21(20-9-13-23(26-4)14-10-20)15-16-25-18(3)19-7-11-22(24)12-8-19/h7-14,17-18,21,25H,5-6,15-16H2,1-4H3/p+1/t18-,21-/m0/s1. The molecule has 0 bridgehead atoms. The van der Waals surface area contributed by atoms with Gasteiger partial charge in [0.05, 0.1) is 13.7 Å². The van der Waals surface area contributed by atoms with E-state index in [1.807, 2.05) is 12.1 Å². The quantitative estimate of drug-likeness (QED) is 0.576. The lowest BCUT2D eigenvalue weighted by atomic mass is 9.88. The van der Waals surface area contributed by atoms with Crippen molar-refractivity contribution < 1.29 is 10.1 Å². The molecule has 2 atom stereocenters. The smallest absolute Gasteiger partial charge is 0.118 e. The molecule has 0 heterocycles. The molecule has 2 rings (SSSR count). The average molecular weight is 375 g/mol. The summed E-state index contributed by atoms with van der Waals surface area (Å²) in [4.78, 5) is 0. The summed E-state index contributed by atoms with van der Waals surface area (Å²) in [6, 6.07) is 17.3. The number of quaternary nitrogens is 1. The van der Waals surface area contributed by atoms with Crippen molar-refractivity contribution in [1.82, 2.24) is 0 Å². The van der Waals surface area contributed by atoms with E-state index in [4.69, 9.17) is 16.3 Å². The summed E-state index contributed by atoms with van der Waals surface area (Å²) in [5, 5.41) is 3.24. The zero-order valence-electron chi connectivity index (χ0n) is 16.5. The lowest BCUT2D eigenvalue weighted by molar-refractivity contribution is -0.693. The van der Waals surface area contributed by atoms with Crippen LogP contribution in [0.3, 0.4) is 0 Å². The second-order valence-corrected chi connectivity index (χ2v) is 8.03. The van der Waals surface area contributed by atoms with Crippen molar-refractivity contribution in [3.63, 3.8) is 0 Å². The Bertz CT molecular complexity index is 636. The summed E-state index contributed by atoms with van der Waals surface area (Å²) >= 11 is 5.99. The molecule has 0 aliphatic heterocycles. The van der Waals surface area contributed by atoms with E-state index in [1.54, 1.807) is 7.11 Å². The fraction of sp³-hybridized carbons (Fsp3) is 0.478. The Morgan fingerprint density at radius 3 is 2.04 bits per heavy atom. The van der Waals surface area contributed by atoms with Crippen molar-refractivity contribution in [3.8, 4) is 5.75 Å². The van der Waals surface area contributed by atoms with Crippen molar-refractivity contribution in [2.24, 2.45) is 5.92 Å². The monoisotopic (exact) mass is 374 g/mol. The average Bonchev–Trinajstić information content (AvgIpc) is 2.65. The minimum atomic E-state index is 0.453. The zero-order valence-corrected chi connectivity index (χ0v) is 17.3. The van der Waals surface area contributed by atoms with E-state index in [9.17, 15) is 0 Å². The van der Waals surface area contributed by atoms with Crippen LogP contribution in [0, 0.1) is 5.92 Å². The van der Waals surface area contributed by atoms with Crippen LogP contribution in [0.1, 0.15) is 63.1 Å². The molecule has 2 N–H and O–H groups in total. The van der Waals surface area contributed by atoms with Gasteiger partial charge in [-0.25, -0.2) is 0 Å². The summed E-state index contributed by atoms with van der Waals surface area (Å²) in [5.41, 5.74) is 2.76. The van der Waals surface area contributed by atoms with Crippen LogP contribution >= 0.6 is 11.6 Å². The molecular weight excluding hydrogens is 342 g/mol. The second-order valence-electron chi connectivity index (χ2n) is 7.59. The summed E-state index contributed by atoms with van der Waals surface area (Å²) in [5.74, 6) is 2.28. The van der Waals surface area contributed by atoms with Crippen LogP contribution in [-0.4, -0.2) is 13.7 Å². The van der Waals surface area contributed by atoms with Gasteiger partial charge in [0, 0.05) is 17.0 Å². The van der Waals surface area contributed by atoms with E-state index < -0.39 is 0 Å². The molecule has 0 aliphatic rings. The predicted octanol–water partition coefficient (Wildman–Crippen LogP) is 5.58. The van der Waals surface area contributed by atoms with Crippen LogP contribution in [0.15, 0.2) is 48.5 Å². The summed E-state index contributed by atoms with van der Waals surface area (Å²) in [7, 11) is 1.72. The number of benzene rings is 2. The fourth-order valence-electron chi connectivity index (χ4n) is 3.34. The molecule has 0 saturated carbocycles. The van der Waals surface area contributed by atoms with E-state index in [-0.39, 0.29) is 0 Å². The topological polar surface area (TPSA) is 25.8 Å². The fourth-order valence-corrected chi connectivity index (χ4v) is 3.46. The molecule has 0 aliphatic carbocycles. The van der Waals surface area contributed by atoms with Gasteiger partial charge >= 0.3 is 0 Å². The Morgan fingerprint density at radius 2 is 1.46 bits per heavy atom. The van der Waals surface area contributed by atoms with Gasteiger partial charge in [-0.15, -0.1) is 0 Å². The van der Waals surface area contributed by atoms with Gasteiger partial charge in [0.25, 0.3) is 0 Å². The summed E-state index contributed by atoms with van der Waals surface area (Å²) in [6.45, 7) is 8.00. The van der Waals surface area contributed by atoms with Crippen LogP contribution < -0.4 is 10.1 Å². The molecule has 0 spiro atoms.